The van der Waals surface area contributed by atoms with Crippen molar-refractivity contribution in [2.75, 3.05) is 13.1 Å². The molecule has 1 spiro atoms. The van der Waals surface area contributed by atoms with Crippen LogP contribution in [0.4, 0.5) is 0 Å². The predicted octanol–water partition coefficient (Wildman–Crippen LogP) is 0.553. The number of hydrogen-bond acceptors (Lipinski definition) is 2. The van der Waals surface area contributed by atoms with Crippen LogP contribution in [0.5, 0.6) is 0 Å². The summed E-state index contributed by atoms with van der Waals surface area (Å²) in [6, 6.07) is 0.408. The number of likely N-dealkylation sites (tertiary alicyclic amines) is 1. The van der Waals surface area contributed by atoms with Gasteiger partial charge in [-0.25, -0.2) is 0 Å². The van der Waals surface area contributed by atoms with E-state index in [1.807, 2.05) is 6.20 Å². The summed E-state index contributed by atoms with van der Waals surface area (Å²) in [7, 11) is 0. The van der Waals surface area contributed by atoms with Crippen molar-refractivity contribution in [2.24, 2.45) is 11.1 Å². The van der Waals surface area contributed by atoms with Gasteiger partial charge in [0.15, 0.2) is 0 Å². The average Bonchev–Trinajstić information content (AvgIpc) is 2.60. The largest absolute Gasteiger partial charge is 0.376 e. The van der Waals surface area contributed by atoms with Gasteiger partial charge in [0.2, 0.25) is 0 Å². The molecule has 0 amide bonds. The SMILES string of the molecule is C=CN1CC(N)C2(CC2)C1. The van der Waals surface area contributed by atoms with E-state index in [1.54, 1.807) is 0 Å². The third-order valence-corrected chi connectivity index (χ3v) is 2.89. The first kappa shape index (κ1) is 6.23. The molecule has 2 aliphatic rings. The van der Waals surface area contributed by atoms with E-state index in [9.17, 15) is 0 Å². The average molecular weight is 138 g/mol. The molecule has 2 N–H and O–H groups in total. The van der Waals surface area contributed by atoms with Gasteiger partial charge >= 0.3 is 0 Å². The second-order valence-corrected chi connectivity index (χ2v) is 3.58. The summed E-state index contributed by atoms with van der Waals surface area (Å²) in [4.78, 5) is 2.23. The van der Waals surface area contributed by atoms with E-state index in [-0.39, 0.29) is 0 Å². The van der Waals surface area contributed by atoms with E-state index in [4.69, 9.17) is 5.73 Å². The van der Waals surface area contributed by atoms with E-state index < -0.39 is 0 Å². The highest BCUT2D eigenvalue weighted by atomic mass is 15.2. The van der Waals surface area contributed by atoms with Crippen molar-refractivity contribution in [1.29, 1.82) is 0 Å². The van der Waals surface area contributed by atoms with Crippen LogP contribution in [0.1, 0.15) is 12.8 Å². The minimum atomic E-state index is 0.408. The fourth-order valence-corrected chi connectivity index (χ4v) is 1.86. The normalized spacial score (nSPS) is 34.9. The Morgan fingerprint density at radius 2 is 2.30 bits per heavy atom. The Hall–Kier alpha value is -0.500. The van der Waals surface area contributed by atoms with E-state index >= 15 is 0 Å². The minimum Gasteiger partial charge on any atom is -0.376 e. The van der Waals surface area contributed by atoms with E-state index in [0.29, 0.717) is 11.5 Å². The number of nitrogens with two attached hydrogens (primary N) is 1. The van der Waals surface area contributed by atoms with Crippen LogP contribution in [0.2, 0.25) is 0 Å². The Bertz CT molecular complexity index is 161. The maximum absolute atomic E-state index is 5.95. The molecule has 1 saturated heterocycles. The second-order valence-electron chi connectivity index (χ2n) is 3.58. The lowest BCUT2D eigenvalue weighted by Crippen LogP contribution is -2.30. The van der Waals surface area contributed by atoms with Gasteiger partial charge in [-0.05, 0) is 19.0 Å². The first-order valence-corrected chi connectivity index (χ1v) is 3.89. The van der Waals surface area contributed by atoms with Gasteiger partial charge < -0.3 is 10.6 Å². The lowest BCUT2D eigenvalue weighted by molar-refractivity contribution is 0.430. The quantitative estimate of drug-likeness (QED) is 0.573. The molecule has 0 radical (unpaired) electrons. The Labute approximate surface area is 61.7 Å². The third kappa shape index (κ3) is 0.686. The molecular weight excluding hydrogens is 124 g/mol. The van der Waals surface area contributed by atoms with Crippen LogP contribution >= 0.6 is 0 Å². The molecule has 56 valence electrons. The summed E-state index contributed by atoms with van der Waals surface area (Å²) in [5.74, 6) is 0. The second kappa shape index (κ2) is 1.76. The maximum atomic E-state index is 5.95. The summed E-state index contributed by atoms with van der Waals surface area (Å²) in [6.45, 7) is 5.91. The summed E-state index contributed by atoms with van der Waals surface area (Å²) < 4.78 is 0. The molecule has 2 fully saturated rings. The zero-order chi connectivity index (χ0) is 7.19. The highest BCUT2D eigenvalue weighted by Crippen LogP contribution is 2.51. The fourth-order valence-electron chi connectivity index (χ4n) is 1.86. The van der Waals surface area contributed by atoms with Gasteiger partial charge in [-0.3, -0.25) is 0 Å². The smallest absolute Gasteiger partial charge is 0.0330 e. The highest BCUT2D eigenvalue weighted by Gasteiger charge is 2.52. The Balaban J connectivity index is 2.08. The number of rotatable bonds is 1. The van der Waals surface area contributed by atoms with Gasteiger partial charge in [0, 0.05) is 24.5 Å². The molecule has 1 heterocycles. The van der Waals surface area contributed by atoms with Crippen LogP contribution in [-0.2, 0) is 0 Å². The molecule has 0 aromatic heterocycles. The first-order valence-electron chi connectivity index (χ1n) is 3.89. The maximum Gasteiger partial charge on any atom is 0.0330 e. The summed E-state index contributed by atoms with van der Waals surface area (Å²) in [6.07, 6.45) is 4.57. The molecule has 0 bridgehead atoms. The summed E-state index contributed by atoms with van der Waals surface area (Å²) in [5, 5.41) is 0. The van der Waals surface area contributed by atoms with E-state index in [2.05, 4.69) is 11.5 Å². The van der Waals surface area contributed by atoms with Gasteiger partial charge in [0.25, 0.3) is 0 Å². The molecule has 2 rings (SSSR count). The molecule has 1 saturated carbocycles. The van der Waals surface area contributed by atoms with Gasteiger partial charge in [-0.2, -0.15) is 0 Å². The van der Waals surface area contributed by atoms with Crippen molar-refractivity contribution in [3.05, 3.63) is 12.8 Å². The van der Waals surface area contributed by atoms with Gasteiger partial charge in [-0.1, -0.05) is 6.58 Å². The zero-order valence-corrected chi connectivity index (χ0v) is 6.21. The van der Waals surface area contributed by atoms with Crippen LogP contribution < -0.4 is 5.73 Å². The molecular formula is C8H14N2. The Kier molecular flexibility index (Phi) is 1.09. The minimum absolute atomic E-state index is 0.408. The Morgan fingerprint density at radius 1 is 1.60 bits per heavy atom. The van der Waals surface area contributed by atoms with Crippen molar-refractivity contribution < 1.29 is 0 Å². The highest BCUT2D eigenvalue weighted by molar-refractivity contribution is 5.09. The van der Waals surface area contributed by atoms with E-state index in [0.717, 1.165) is 13.1 Å². The standard InChI is InChI=1S/C8H14N2/c1-2-10-5-7(9)8(6-10)3-4-8/h2,7H,1,3-6,9H2. The molecule has 0 aromatic carbocycles. The van der Waals surface area contributed by atoms with Crippen molar-refractivity contribution in [3.63, 3.8) is 0 Å². The van der Waals surface area contributed by atoms with Crippen LogP contribution in [0.15, 0.2) is 12.8 Å². The zero-order valence-electron chi connectivity index (χ0n) is 6.21. The van der Waals surface area contributed by atoms with E-state index in [1.165, 1.54) is 12.8 Å². The van der Waals surface area contributed by atoms with Crippen molar-refractivity contribution in [2.45, 2.75) is 18.9 Å². The molecule has 1 aliphatic heterocycles. The van der Waals surface area contributed by atoms with Crippen LogP contribution in [0.25, 0.3) is 0 Å². The van der Waals surface area contributed by atoms with Crippen molar-refractivity contribution >= 4 is 0 Å². The van der Waals surface area contributed by atoms with Crippen molar-refractivity contribution in [3.8, 4) is 0 Å². The topological polar surface area (TPSA) is 29.3 Å². The molecule has 0 aromatic rings. The molecule has 2 nitrogen and oxygen atoms in total. The Morgan fingerprint density at radius 3 is 2.60 bits per heavy atom. The molecule has 2 heteroatoms. The number of nitrogens with zero attached hydrogens (tertiary/aromatic N) is 1. The lowest BCUT2D eigenvalue weighted by atomic mass is 10.0. The lowest BCUT2D eigenvalue weighted by Gasteiger charge is -2.09. The monoisotopic (exact) mass is 138 g/mol. The van der Waals surface area contributed by atoms with Crippen LogP contribution in [0, 0.1) is 5.41 Å². The van der Waals surface area contributed by atoms with Gasteiger partial charge in [0.05, 0.1) is 0 Å². The predicted molar refractivity (Wildman–Crippen MR) is 41.4 cm³/mol. The van der Waals surface area contributed by atoms with Gasteiger partial charge in [0.1, 0.15) is 0 Å². The summed E-state index contributed by atoms with van der Waals surface area (Å²) in [5.41, 5.74) is 6.46. The first-order chi connectivity index (χ1) is 4.77. The molecule has 1 aliphatic carbocycles. The molecule has 10 heavy (non-hydrogen) atoms. The molecule has 1 unspecified atom stereocenters. The van der Waals surface area contributed by atoms with Crippen LogP contribution in [0.3, 0.4) is 0 Å². The third-order valence-electron chi connectivity index (χ3n) is 2.89. The van der Waals surface area contributed by atoms with Gasteiger partial charge in [-0.15, -0.1) is 0 Å². The summed E-state index contributed by atoms with van der Waals surface area (Å²) >= 11 is 0. The molecule has 1 atom stereocenters. The fraction of sp³-hybridized carbons (Fsp3) is 0.750. The van der Waals surface area contributed by atoms with Crippen molar-refractivity contribution in [1.82, 2.24) is 4.90 Å². The van der Waals surface area contributed by atoms with Crippen LogP contribution in [-0.4, -0.2) is 24.0 Å². The number of hydrogen-bond donors (Lipinski definition) is 1.